The number of nitrogens with one attached hydrogen (secondary N) is 1. The summed E-state index contributed by atoms with van der Waals surface area (Å²) in [6.45, 7) is 10.3. The van der Waals surface area contributed by atoms with E-state index in [0.717, 1.165) is 23.8 Å². The third kappa shape index (κ3) is 2.15. The molecule has 4 saturated carbocycles. The van der Waals surface area contributed by atoms with Crippen molar-refractivity contribution in [1.29, 1.82) is 0 Å². The van der Waals surface area contributed by atoms with Gasteiger partial charge in [-0.05, 0) is 91.9 Å². The van der Waals surface area contributed by atoms with Crippen molar-refractivity contribution in [2.45, 2.75) is 85.1 Å². The average molecular weight is 400 g/mol. The molecule has 5 rings (SSSR count). The maximum atomic E-state index is 12.9. The van der Waals surface area contributed by atoms with Crippen LogP contribution in [0.25, 0.3) is 0 Å². The van der Waals surface area contributed by atoms with Gasteiger partial charge in [-0.2, -0.15) is 0 Å². The van der Waals surface area contributed by atoms with Crippen LogP contribution in [-0.4, -0.2) is 32.6 Å². The monoisotopic (exact) mass is 399 g/mol. The largest absolute Gasteiger partial charge is 0.377 e. The highest BCUT2D eigenvalue weighted by molar-refractivity contribution is 5.98. The molecule has 0 aromatic rings. The van der Waals surface area contributed by atoms with Crippen molar-refractivity contribution in [3.05, 3.63) is 11.6 Å². The molecule has 5 aliphatic rings. The minimum atomic E-state index is 0.0346. The van der Waals surface area contributed by atoms with Crippen molar-refractivity contribution < 1.29 is 9.53 Å². The summed E-state index contributed by atoms with van der Waals surface area (Å²) in [5.74, 6) is 1.86. The molecule has 0 radical (unpaired) electrons. The second kappa shape index (κ2) is 5.97. The molecule has 0 amide bonds. The number of fused-ring (bicyclic) bond motifs is 2. The molecule has 0 saturated heterocycles. The Balaban J connectivity index is 1.49. The zero-order valence-corrected chi connectivity index (χ0v) is 19.5. The van der Waals surface area contributed by atoms with Gasteiger partial charge in [0.2, 0.25) is 0 Å². The predicted molar refractivity (Wildman–Crippen MR) is 117 cm³/mol. The van der Waals surface area contributed by atoms with Crippen molar-refractivity contribution in [1.82, 2.24) is 5.32 Å². The molecule has 0 heterocycles. The molecule has 0 bridgehead atoms. The maximum Gasteiger partial charge on any atom is 0.184 e. The molecule has 0 aliphatic heterocycles. The van der Waals surface area contributed by atoms with Crippen molar-refractivity contribution in [3.63, 3.8) is 0 Å². The zero-order valence-electron chi connectivity index (χ0n) is 19.5. The molecule has 2 spiro atoms. The van der Waals surface area contributed by atoms with E-state index in [-0.39, 0.29) is 23.2 Å². The summed E-state index contributed by atoms with van der Waals surface area (Å²) in [4.78, 5) is 12.9. The summed E-state index contributed by atoms with van der Waals surface area (Å²) in [5.41, 5.74) is 2.88. The molecule has 5 aliphatic carbocycles. The Morgan fingerprint density at radius 1 is 1.07 bits per heavy atom. The summed E-state index contributed by atoms with van der Waals surface area (Å²) in [5, 5.41) is 3.66. The summed E-state index contributed by atoms with van der Waals surface area (Å²) >= 11 is 0. The van der Waals surface area contributed by atoms with Gasteiger partial charge in [-0.3, -0.25) is 4.79 Å². The van der Waals surface area contributed by atoms with Crippen LogP contribution in [0.5, 0.6) is 0 Å². The minimum absolute atomic E-state index is 0.0346. The van der Waals surface area contributed by atoms with Gasteiger partial charge in [-0.25, -0.2) is 0 Å². The summed E-state index contributed by atoms with van der Waals surface area (Å²) in [6, 6.07) is 0.656. The van der Waals surface area contributed by atoms with E-state index < -0.39 is 0 Å². The van der Waals surface area contributed by atoms with Crippen LogP contribution in [0.15, 0.2) is 11.6 Å². The van der Waals surface area contributed by atoms with Gasteiger partial charge in [0.1, 0.15) is 6.61 Å². The van der Waals surface area contributed by atoms with E-state index in [2.05, 4.69) is 46.1 Å². The third-order valence-corrected chi connectivity index (χ3v) is 11.6. The van der Waals surface area contributed by atoms with Crippen molar-refractivity contribution in [2.75, 3.05) is 20.8 Å². The molecule has 4 fully saturated rings. The van der Waals surface area contributed by atoms with Crippen molar-refractivity contribution in [3.8, 4) is 0 Å². The Labute approximate surface area is 177 Å². The first kappa shape index (κ1) is 20.2. The van der Waals surface area contributed by atoms with Gasteiger partial charge in [0.15, 0.2) is 5.78 Å². The number of hydrogen-bond donors (Lipinski definition) is 1. The van der Waals surface area contributed by atoms with E-state index in [1.165, 1.54) is 44.9 Å². The molecule has 0 unspecified atom stereocenters. The molecule has 1 N–H and O–H groups in total. The Bertz CT molecular complexity index is 771. The van der Waals surface area contributed by atoms with E-state index in [1.807, 2.05) is 0 Å². The van der Waals surface area contributed by atoms with Crippen LogP contribution in [-0.2, 0) is 9.53 Å². The molecule has 162 valence electrons. The van der Waals surface area contributed by atoms with E-state index in [1.54, 1.807) is 7.11 Å². The number of ether oxygens (including phenoxy) is 1. The smallest absolute Gasteiger partial charge is 0.184 e. The number of hydrogen-bond acceptors (Lipinski definition) is 3. The number of Topliss-reactive ketones (excluding diaryl/α,β-unsaturated/α-hetero) is 1. The molecule has 29 heavy (non-hydrogen) atoms. The highest BCUT2D eigenvalue weighted by Crippen LogP contribution is 2.88. The van der Waals surface area contributed by atoms with E-state index in [9.17, 15) is 4.79 Å². The molecule has 7 atom stereocenters. The zero-order chi connectivity index (χ0) is 20.9. The first-order valence-corrected chi connectivity index (χ1v) is 12.0. The number of ketones is 1. The fraction of sp³-hybridized carbons (Fsp3) is 0.885. The molecule has 0 aromatic carbocycles. The topological polar surface area (TPSA) is 38.3 Å². The van der Waals surface area contributed by atoms with Gasteiger partial charge in [-0.1, -0.05) is 33.8 Å². The fourth-order valence-electron chi connectivity index (χ4n) is 10.0. The second-order valence-electron chi connectivity index (χ2n) is 12.3. The molecular weight excluding hydrogens is 358 g/mol. The van der Waals surface area contributed by atoms with Gasteiger partial charge in [-0.15, -0.1) is 0 Å². The van der Waals surface area contributed by atoms with E-state index in [4.69, 9.17) is 4.74 Å². The summed E-state index contributed by atoms with van der Waals surface area (Å²) < 4.78 is 5.23. The standard InChI is InChI=1S/C26H41NO2/c1-22(2)19-7-8-20-24(4)11-9-17(18(28)15-29-6)23(24,3)13-14-26(20)16-25(19,26)12-10-21(22)27-5/h9,19-21,27H,7-8,10-16H2,1-6H3/t19-,20-,21-,23+,24-,25+,26-/m0/s1. The van der Waals surface area contributed by atoms with Crippen LogP contribution in [0.3, 0.4) is 0 Å². The highest BCUT2D eigenvalue weighted by atomic mass is 16.5. The first-order valence-electron chi connectivity index (χ1n) is 12.0. The Hall–Kier alpha value is -0.670. The van der Waals surface area contributed by atoms with Crippen LogP contribution >= 0.6 is 0 Å². The van der Waals surface area contributed by atoms with Gasteiger partial charge in [0, 0.05) is 24.1 Å². The maximum absolute atomic E-state index is 12.9. The van der Waals surface area contributed by atoms with Crippen molar-refractivity contribution >= 4 is 5.78 Å². The number of methoxy groups -OCH3 is 1. The Morgan fingerprint density at radius 2 is 1.76 bits per heavy atom. The number of carbonyl (C=O) groups excluding carboxylic acids is 1. The van der Waals surface area contributed by atoms with Gasteiger partial charge in [0.05, 0.1) is 0 Å². The third-order valence-electron chi connectivity index (χ3n) is 11.6. The normalized spacial score (nSPS) is 51.9. The van der Waals surface area contributed by atoms with Gasteiger partial charge >= 0.3 is 0 Å². The van der Waals surface area contributed by atoms with E-state index >= 15 is 0 Å². The lowest BCUT2D eigenvalue weighted by atomic mass is 9.42. The predicted octanol–water partition coefficient (Wildman–Crippen LogP) is 5.15. The van der Waals surface area contributed by atoms with Crippen LogP contribution < -0.4 is 5.32 Å². The van der Waals surface area contributed by atoms with Gasteiger partial charge in [0.25, 0.3) is 0 Å². The minimum Gasteiger partial charge on any atom is -0.377 e. The SMILES string of the molecule is CN[C@H]1CC[C@]23C[C@]24CC[C@]2(C)C(C(=O)COC)=CC[C@@]2(C)[C@@H]4CC[C@H]3C1(C)C. The second-order valence-corrected chi connectivity index (χ2v) is 12.3. The van der Waals surface area contributed by atoms with Crippen LogP contribution in [0.1, 0.15) is 79.1 Å². The lowest BCUT2D eigenvalue weighted by molar-refractivity contribution is -0.135. The number of carbonyl (C=O) groups is 1. The Morgan fingerprint density at radius 3 is 2.45 bits per heavy atom. The van der Waals surface area contributed by atoms with E-state index in [0.29, 0.717) is 22.3 Å². The van der Waals surface area contributed by atoms with Crippen LogP contribution in [0, 0.1) is 38.9 Å². The lowest BCUT2D eigenvalue weighted by Gasteiger charge is -2.63. The highest BCUT2D eigenvalue weighted by Gasteiger charge is 2.81. The quantitative estimate of drug-likeness (QED) is 0.710. The first-order chi connectivity index (χ1) is 13.6. The molecule has 3 nitrogen and oxygen atoms in total. The fourth-order valence-corrected chi connectivity index (χ4v) is 10.0. The number of allylic oxidation sites excluding steroid dienone is 1. The summed E-state index contributed by atoms with van der Waals surface area (Å²) in [6.07, 6.45) is 12.9. The van der Waals surface area contributed by atoms with Crippen LogP contribution in [0.4, 0.5) is 0 Å². The molecular formula is C26H41NO2. The van der Waals surface area contributed by atoms with Crippen LogP contribution in [0.2, 0.25) is 0 Å². The Kier molecular flexibility index (Phi) is 4.17. The lowest BCUT2D eigenvalue weighted by Crippen LogP contribution is -2.59. The average Bonchev–Trinajstić information content (AvgIpc) is 3.24. The number of rotatable bonds is 4. The molecule has 3 heteroatoms. The summed E-state index contributed by atoms with van der Waals surface area (Å²) in [7, 11) is 3.80. The molecule has 0 aromatic heterocycles. The van der Waals surface area contributed by atoms with Crippen molar-refractivity contribution in [2.24, 2.45) is 38.9 Å². The van der Waals surface area contributed by atoms with Gasteiger partial charge < -0.3 is 10.1 Å².